The number of ether oxygens (including phenoxy) is 1. The van der Waals surface area contributed by atoms with Crippen molar-refractivity contribution in [2.45, 2.75) is 46.3 Å². The van der Waals surface area contributed by atoms with E-state index in [2.05, 4.69) is 5.32 Å². The maximum absolute atomic E-state index is 11.9. The Labute approximate surface area is 121 Å². The molecule has 0 spiro atoms. The molecule has 2 N–H and O–H groups in total. The first-order valence-corrected chi connectivity index (χ1v) is 6.98. The quantitative estimate of drug-likeness (QED) is 0.840. The van der Waals surface area contributed by atoms with Crippen LogP contribution in [0.15, 0.2) is 30.3 Å². The largest absolute Gasteiger partial charge is 0.481 e. The summed E-state index contributed by atoms with van der Waals surface area (Å²) >= 11 is 0. The zero-order chi connectivity index (χ0) is 15.2. The van der Waals surface area contributed by atoms with Crippen LogP contribution in [0, 0.1) is 5.41 Å². The van der Waals surface area contributed by atoms with Gasteiger partial charge in [-0.25, -0.2) is 0 Å². The lowest BCUT2D eigenvalue weighted by Gasteiger charge is -2.26. The van der Waals surface area contributed by atoms with Gasteiger partial charge in [0.2, 0.25) is 0 Å². The van der Waals surface area contributed by atoms with Crippen LogP contribution in [-0.4, -0.2) is 29.8 Å². The Morgan fingerprint density at radius 2 is 1.90 bits per heavy atom. The van der Waals surface area contributed by atoms with Gasteiger partial charge in [0.15, 0.2) is 6.10 Å². The minimum atomic E-state index is -0.552. The number of nitrogens with one attached hydrogen (secondary N) is 1. The lowest BCUT2D eigenvalue weighted by molar-refractivity contribution is -0.127. The molecule has 2 atom stereocenters. The van der Waals surface area contributed by atoms with Crippen molar-refractivity contribution >= 4 is 5.91 Å². The molecule has 1 rings (SSSR count). The molecule has 0 aromatic heterocycles. The van der Waals surface area contributed by atoms with E-state index in [1.54, 1.807) is 6.92 Å². The molecule has 4 heteroatoms. The fourth-order valence-electron chi connectivity index (χ4n) is 1.67. The van der Waals surface area contributed by atoms with Gasteiger partial charge in [-0.1, -0.05) is 39.0 Å². The van der Waals surface area contributed by atoms with E-state index in [0.29, 0.717) is 18.7 Å². The van der Waals surface area contributed by atoms with Crippen molar-refractivity contribution in [3.63, 3.8) is 0 Å². The second kappa shape index (κ2) is 7.29. The number of aliphatic hydroxyl groups is 1. The number of carbonyl (C=O) groups excluding carboxylic acids is 1. The van der Waals surface area contributed by atoms with Crippen LogP contribution in [0.5, 0.6) is 5.75 Å². The van der Waals surface area contributed by atoms with Crippen molar-refractivity contribution in [3.8, 4) is 5.75 Å². The molecule has 0 radical (unpaired) electrons. The molecule has 1 aromatic carbocycles. The van der Waals surface area contributed by atoms with Gasteiger partial charge in [0.1, 0.15) is 5.75 Å². The van der Waals surface area contributed by atoms with Crippen LogP contribution in [0.3, 0.4) is 0 Å². The van der Waals surface area contributed by atoms with Gasteiger partial charge in [-0.2, -0.15) is 0 Å². The molecule has 112 valence electrons. The first kappa shape index (κ1) is 16.5. The van der Waals surface area contributed by atoms with Crippen molar-refractivity contribution in [3.05, 3.63) is 30.3 Å². The topological polar surface area (TPSA) is 58.6 Å². The Morgan fingerprint density at radius 1 is 1.30 bits per heavy atom. The van der Waals surface area contributed by atoms with E-state index in [4.69, 9.17) is 4.74 Å². The summed E-state index contributed by atoms with van der Waals surface area (Å²) in [5.74, 6) is 0.500. The number of rotatable bonds is 6. The molecule has 0 saturated carbocycles. The van der Waals surface area contributed by atoms with Gasteiger partial charge < -0.3 is 15.2 Å². The molecule has 4 nitrogen and oxygen atoms in total. The first-order chi connectivity index (χ1) is 9.30. The SMILES string of the molecule is CC(Oc1ccccc1)C(=O)NCCC(O)C(C)(C)C. The van der Waals surface area contributed by atoms with Gasteiger partial charge in [0.25, 0.3) is 5.91 Å². The zero-order valence-electron chi connectivity index (χ0n) is 12.7. The number of aliphatic hydroxyl groups excluding tert-OH is 1. The summed E-state index contributed by atoms with van der Waals surface area (Å²) in [6.45, 7) is 8.07. The molecule has 0 aliphatic rings. The standard InChI is InChI=1S/C16H25NO3/c1-12(20-13-8-6-5-7-9-13)15(19)17-11-10-14(18)16(2,3)4/h5-9,12,14,18H,10-11H2,1-4H3,(H,17,19). The highest BCUT2D eigenvalue weighted by Crippen LogP contribution is 2.20. The third-order valence-electron chi connectivity index (χ3n) is 3.14. The summed E-state index contributed by atoms with van der Waals surface area (Å²) < 4.78 is 5.53. The maximum atomic E-state index is 11.9. The summed E-state index contributed by atoms with van der Waals surface area (Å²) in [5.41, 5.74) is -0.170. The van der Waals surface area contributed by atoms with E-state index in [9.17, 15) is 9.90 Å². The smallest absolute Gasteiger partial charge is 0.260 e. The average molecular weight is 279 g/mol. The minimum Gasteiger partial charge on any atom is -0.481 e. The van der Waals surface area contributed by atoms with Gasteiger partial charge in [0.05, 0.1) is 6.10 Å². The number of hydrogen-bond acceptors (Lipinski definition) is 3. The van der Waals surface area contributed by atoms with E-state index >= 15 is 0 Å². The zero-order valence-corrected chi connectivity index (χ0v) is 12.7. The Balaban J connectivity index is 2.32. The third kappa shape index (κ3) is 5.61. The Kier molecular flexibility index (Phi) is 6.02. The van der Waals surface area contributed by atoms with Crippen LogP contribution in [0.25, 0.3) is 0 Å². The summed E-state index contributed by atoms with van der Waals surface area (Å²) in [4.78, 5) is 11.9. The molecule has 2 unspecified atom stereocenters. The van der Waals surface area contributed by atoms with E-state index in [1.807, 2.05) is 51.1 Å². The number of amides is 1. The normalized spacial score (nSPS) is 14.4. The molecule has 1 aromatic rings. The molecular weight excluding hydrogens is 254 g/mol. The number of carbonyl (C=O) groups is 1. The summed E-state index contributed by atoms with van der Waals surface area (Å²) in [5, 5.41) is 12.7. The van der Waals surface area contributed by atoms with Crippen LogP contribution in [0.4, 0.5) is 0 Å². The lowest BCUT2D eigenvalue weighted by atomic mass is 9.87. The van der Waals surface area contributed by atoms with Gasteiger partial charge in [-0.3, -0.25) is 4.79 Å². The highest BCUT2D eigenvalue weighted by atomic mass is 16.5. The van der Waals surface area contributed by atoms with Gasteiger partial charge >= 0.3 is 0 Å². The third-order valence-corrected chi connectivity index (χ3v) is 3.14. The molecule has 0 saturated heterocycles. The number of para-hydroxylation sites is 1. The highest BCUT2D eigenvalue weighted by Gasteiger charge is 2.22. The van der Waals surface area contributed by atoms with E-state index in [-0.39, 0.29) is 11.3 Å². The predicted octanol–water partition coefficient (Wildman–Crippen LogP) is 2.37. The Hall–Kier alpha value is -1.55. The van der Waals surface area contributed by atoms with Crippen molar-refractivity contribution < 1.29 is 14.6 Å². The van der Waals surface area contributed by atoms with Crippen LogP contribution in [0.1, 0.15) is 34.1 Å². The Bertz CT molecular complexity index is 411. The van der Waals surface area contributed by atoms with Gasteiger partial charge in [0, 0.05) is 6.54 Å². The van der Waals surface area contributed by atoms with Crippen LogP contribution >= 0.6 is 0 Å². The lowest BCUT2D eigenvalue weighted by Crippen LogP contribution is -2.39. The van der Waals surface area contributed by atoms with Crippen molar-refractivity contribution in [1.29, 1.82) is 0 Å². The first-order valence-electron chi connectivity index (χ1n) is 6.98. The predicted molar refractivity (Wildman–Crippen MR) is 79.6 cm³/mol. The van der Waals surface area contributed by atoms with Crippen molar-refractivity contribution in [2.75, 3.05) is 6.54 Å². The van der Waals surface area contributed by atoms with E-state index < -0.39 is 12.2 Å². The molecular formula is C16H25NO3. The van der Waals surface area contributed by atoms with Gasteiger partial charge in [-0.15, -0.1) is 0 Å². The fraction of sp³-hybridized carbons (Fsp3) is 0.562. The summed E-state index contributed by atoms with van der Waals surface area (Å²) in [6.07, 6.45) is -0.454. The fourth-order valence-corrected chi connectivity index (χ4v) is 1.67. The molecule has 0 aliphatic heterocycles. The highest BCUT2D eigenvalue weighted by molar-refractivity contribution is 5.80. The molecule has 0 fully saturated rings. The molecule has 0 aliphatic carbocycles. The van der Waals surface area contributed by atoms with Crippen LogP contribution in [0.2, 0.25) is 0 Å². The molecule has 0 heterocycles. The summed E-state index contributed by atoms with van der Waals surface area (Å²) in [6, 6.07) is 9.24. The number of benzene rings is 1. The number of hydrogen-bond donors (Lipinski definition) is 2. The van der Waals surface area contributed by atoms with Crippen molar-refractivity contribution in [1.82, 2.24) is 5.32 Å². The van der Waals surface area contributed by atoms with Crippen molar-refractivity contribution in [2.24, 2.45) is 5.41 Å². The Morgan fingerprint density at radius 3 is 2.45 bits per heavy atom. The van der Waals surface area contributed by atoms with Crippen LogP contribution < -0.4 is 10.1 Å². The van der Waals surface area contributed by atoms with Gasteiger partial charge in [-0.05, 0) is 30.9 Å². The molecule has 0 bridgehead atoms. The second-order valence-corrected chi connectivity index (χ2v) is 6.03. The summed E-state index contributed by atoms with van der Waals surface area (Å²) in [7, 11) is 0. The van der Waals surface area contributed by atoms with E-state index in [0.717, 1.165) is 0 Å². The second-order valence-electron chi connectivity index (χ2n) is 6.03. The molecule has 20 heavy (non-hydrogen) atoms. The monoisotopic (exact) mass is 279 g/mol. The minimum absolute atomic E-state index is 0.170. The van der Waals surface area contributed by atoms with Crippen LogP contribution in [-0.2, 0) is 4.79 Å². The van der Waals surface area contributed by atoms with E-state index in [1.165, 1.54) is 0 Å². The average Bonchev–Trinajstić information content (AvgIpc) is 2.38. The molecule has 1 amide bonds. The maximum Gasteiger partial charge on any atom is 0.260 e.